The second-order valence-electron chi connectivity index (χ2n) is 6.98. The Kier molecular flexibility index (Phi) is 5.07. The first-order valence-electron chi connectivity index (χ1n) is 9.49. The van der Waals surface area contributed by atoms with E-state index in [4.69, 9.17) is 4.74 Å². The van der Waals surface area contributed by atoms with Crippen LogP contribution in [0.2, 0.25) is 0 Å². The second kappa shape index (κ2) is 7.52. The van der Waals surface area contributed by atoms with Gasteiger partial charge in [-0.1, -0.05) is 19.1 Å². The van der Waals surface area contributed by atoms with Crippen LogP contribution in [0.25, 0.3) is 0 Å². The van der Waals surface area contributed by atoms with Crippen molar-refractivity contribution in [3.63, 3.8) is 0 Å². The van der Waals surface area contributed by atoms with E-state index in [1.807, 2.05) is 6.92 Å². The molecular formula is C20H23N3O4S. The van der Waals surface area contributed by atoms with Crippen molar-refractivity contribution in [3.05, 3.63) is 54.4 Å². The number of ether oxygens (including phenoxy) is 1. The number of likely N-dealkylation sites (tertiary alicyclic amines) is 1. The van der Waals surface area contributed by atoms with Gasteiger partial charge in [0.15, 0.2) is 0 Å². The minimum Gasteiger partial charge on any atom is -0.487 e. The minimum absolute atomic E-state index is 0.0647. The lowest BCUT2D eigenvalue weighted by molar-refractivity contribution is 0.0755. The van der Waals surface area contributed by atoms with Crippen molar-refractivity contribution in [2.75, 3.05) is 19.6 Å². The third-order valence-corrected chi connectivity index (χ3v) is 7.46. The van der Waals surface area contributed by atoms with Gasteiger partial charge in [0, 0.05) is 44.0 Å². The zero-order valence-corrected chi connectivity index (χ0v) is 16.5. The first kappa shape index (κ1) is 18.9. The standard InChI is InChI=1S/C20H23N3O4S/c1-2-23-16-9-13-22(20(24)15-7-11-21-12-8-15)14-10-17(16)27-18-5-3-4-6-19(18)28(23,25)26/h3-8,11-12,16-17H,2,9-10,13-14H2,1H3/t16-,17-/m0/s1. The van der Waals surface area contributed by atoms with E-state index in [-0.39, 0.29) is 22.9 Å². The maximum absolute atomic E-state index is 13.2. The van der Waals surface area contributed by atoms with Gasteiger partial charge in [-0.15, -0.1) is 0 Å². The SMILES string of the molecule is CCN1[C@H]2CCN(C(=O)c3ccncc3)CC[C@@H]2Oc2ccccc2S1(=O)=O. The number of carbonyl (C=O) groups is 1. The molecule has 0 radical (unpaired) electrons. The smallest absolute Gasteiger partial charge is 0.253 e. The van der Waals surface area contributed by atoms with Crippen LogP contribution in [0.5, 0.6) is 5.75 Å². The maximum Gasteiger partial charge on any atom is 0.253 e. The van der Waals surface area contributed by atoms with Crippen LogP contribution in [0.3, 0.4) is 0 Å². The molecule has 0 saturated carbocycles. The van der Waals surface area contributed by atoms with Crippen LogP contribution in [0, 0.1) is 0 Å². The quantitative estimate of drug-likeness (QED) is 0.770. The third kappa shape index (κ3) is 3.27. The number of nitrogens with zero attached hydrogens (tertiary/aromatic N) is 3. The average Bonchev–Trinajstić information content (AvgIpc) is 2.96. The molecule has 0 N–H and O–H groups in total. The Labute approximate surface area is 165 Å². The Hall–Kier alpha value is -2.45. The van der Waals surface area contributed by atoms with Crippen LogP contribution in [0.1, 0.15) is 30.1 Å². The van der Waals surface area contributed by atoms with Gasteiger partial charge >= 0.3 is 0 Å². The molecule has 1 aromatic heterocycles. The van der Waals surface area contributed by atoms with Gasteiger partial charge in [0.2, 0.25) is 10.0 Å². The molecule has 4 rings (SSSR count). The molecule has 2 aliphatic rings. The molecule has 2 aliphatic heterocycles. The third-order valence-electron chi connectivity index (χ3n) is 5.42. The number of pyridine rings is 1. The monoisotopic (exact) mass is 401 g/mol. The van der Waals surface area contributed by atoms with Crippen molar-refractivity contribution in [3.8, 4) is 5.75 Å². The predicted molar refractivity (Wildman–Crippen MR) is 104 cm³/mol. The molecule has 1 amide bonds. The summed E-state index contributed by atoms with van der Waals surface area (Å²) >= 11 is 0. The van der Waals surface area contributed by atoms with Crippen molar-refractivity contribution >= 4 is 15.9 Å². The predicted octanol–water partition coefficient (Wildman–Crippen LogP) is 2.16. The summed E-state index contributed by atoms with van der Waals surface area (Å²) < 4.78 is 34.1. The number of sulfonamides is 1. The molecule has 0 spiro atoms. The molecule has 7 nitrogen and oxygen atoms in total. The van der Waals surface area contributed by atoms with Crippen LogP contribution in [-0.2, 0) is 10.0 Å². The molecule has 28 heavy (non-hydrogen) atoms. The fourth-order valence-corrected chi connectivity index (χ4v) is 5.85. The molecule has 0 bridgehead atoms. The normalized spacial score (nSPS) is 24.2. The number of amides is 1. The van der Waals surface area contributed by atoms with E-state index in [0.29, 0.717) is 43.8 Å². The largest absolute Gasteiger partial charge is 0.487 e. The zero-order chi connectivity index (χ0) is 19.7. The fourth-order valence-electron chi connectivity index (χ4n) is 4.04. The molecular weight excluding hydrogens is 378 g/mol. The number of carbonyl (C=O) groups excluding carboxylic acids is 1. The van der Waals surface area contributed by atoms with Crippen molar-refractivity contribution in [2.24, 2.45) is 0 Å². The Morgan fingerprint density at radius 2 is 1.86 bits per heavy atom. The van der Waals surface area contributed by atoms with Crippen LogP contribution < -0.4 is 4.74 Å². The van der Waals surface area contributed by atoms with Crippen LogP contribution >= 0.6 is 0 Å². The van der Waals surface area contributed by atoms with E-state index >= 15 is 0 Å². The minimum atomic E-state index is -3.65. The lowest BCUT2D eigenvalue weighted by Gasteiger charge is -2.30. The van der Waals surface area contributed by atoms with Crippen LogP contribution in [0.15, 0.2) is 53.7 Å². The van der Waals surface area contributed by atoms with Crippen molar-refractivity contribution in [2.45, 2.75) is 36.8 Å². The number of rotatable bonds is 2. The summed E-state index contributed by atoms with van der Waals surface area (Å²) in [4.78, 5) is 18.8. The zero-order valence-electron chi connectivity index (χ0n) is 15.7. The highest BCUT2D eigenvalue weighted by Gasteiger charge is 2.42. The van der Waals surface area contributed by atoms with Gasteiger partial charge in [-0.2, -0.15) is 4.31 Å². The average molecular weight is 401 g/mol. The Balaban J connectivity index is 1.64. The number of hydrogen-bond acceptors (Lipinski definition) is 5. The van der Waals surface area contributed by atoms with Gasteiger partial charge in [-0.25, -0.2) is 8.42 Å². The van der Waals surface area contributed by atoms with Crippen molar-refractivity contribution in [1.29, 1.82) is 0 Å². The molecule has 1 aromatic carbocycles. The number of fused-ring (bicyclic) bond motifs is 2. The molecule has 148 valence electrons. The summed E-state index contributed by atoms with van der Waals surface area (Å²) in [6.45, 7) is 3.20. The summed E-state index contributed by atoms with van der Waals surface area (Å²) in [5.74, 6) is 0.326. The molecule has 2 atom stereocenters. The summed E-state index contributed by atoms with van der Waals surface area (Å²) in [5.41, 5.74) is 0.586. The number of likely N-dealkylation sites (N-methyl/N-ethyl adjacent to an activating group) is 1. The Morgan fingerprint density at radius 3 is 2.61 bits per heavy atom. The lowest BCUT2D eigenvalue weighted by atomic mass is 10.1. The Bertz CT molecular complexity index is 964. The summed E-state index contributed by atoms with van der Waals surface area (Å²) in [7, 11) is -3.65. The topological polar surface area (TPSA) is 79.8 Å². The number of hydrogen-bond donors (Lipinski definition) is 0. The van der Waals surface area contributed by atoms with Crippen LogP contribution in [-0.4, -0.2) is 60.3 Å². The molecule has 1 fully saturated rings. The van der Waals surface area contributed by atoms with E-state index < -0.39 is 10.0 Å². The molecule has 1 saturated heterocycles. The van der Waals surface area contributed by atoms with E-state index in [9.17, 15) is 13.2 Å². The van der Waals surface area contributed by atoms with Gasteiger partial charge in [-0.05, 0) is 30.7 Å². The van der Waals surface area contributed by atoms with E-state index in [1.165, 1.54) is 4.31 Å². The molecule has 3 heterocycles. The van der Waals surface area contributed by atoms with Crippen LogP contribution in [0.4, 0.5) is 0 Å². The van der Waals surface area contributed by atoms with Gasteiger partial charge in [-0.3, -0.25) is 9.78 Å². The second-order valence-corrected chi connectivity index (χ2v) is 8.84. The van der Waals surface area contributed by atoms with Gasteiger partial charge in [0.25, 0.3) is 5.91 Å². The van der Waals surface area contributed by atoms with Crippen molar-refractivity contribution < 1.29 is 17.9 Å². The molecule has 2 aromatic rings. The highest BCUT2D eigenvalue weighted by atomic mass is 32.2. The maximum atomic E-state index is 13.2. The number of aromatic nitrogens is 1. The first-order valence-corrected chi connectivity index (χ1v) is 10.9. The Morgan fingerprint density at radius 1 is 1.14 bits per heavy atom. The summed E-state index contributed by atoms with van der Waals surface area (Å²) in [6, 6.07) is 9.87. The molecule has 0 aliphatic carbocycles. The first-order chi connectivity index (χ1) is 13.5. The summed E-state index contributed by atoms with van der Waals surface area (Å²) in [5, 5.41) is 0. The van der Waals surface area contributed by atoms with Gasteiger partial charge in [0.05, 0.1) is 6.04 Å². The molecule has 0 unspecified atom stereocenters. The number of benzene rings is 1. The van der Waals surface area contributed by atoms with Crippen molar-refractivity contribution in [1.82, 2.24) is 14.2 Å². The lowest BCUT2D eigenvalue weighted by Crippen LogP contribution is -2.47. The highest BCUT2D eigenvalue weighted by molar-refractivity contribution is 7.89. The highest BCUT2D eigenvalue weighted by Crippen LogP contribution is 2.36. The number of para-hydroxylation sites is 1. The fraction of sp³-hybridized carbons (Fsp3) is 0.400. The van der Waals surface area contributed by atoms with E-state index in [0.717, 1.165) is 0 Å². The summed E-state index contributed by atoms with van der Waals surface area (Å²) in [6.07, 6.45) is 4.00. The molecule has 8 heteroatoms. The van der Waals surface area contributed by atoms with Gasteiger partial charge < -0.3 is 9.64 Å². The van der Waals surface area contributed by atoms with E-state index in [2.05, 4.69) is 4.98 Å². The van der Waals surface area contributed by atoms with E-state index in [1.54, 1.807) is 53.7 Å². The van der Waals surface area contributed by atoms with Gasteiger partial charge in [0.1, 0.15) is 16.7 Å².